The van der Waals surface area contributed by atoms with Crippen molar-refractivity contribution in [1.82, 2.24) is 9.97 Å². The van der Waals surface area contributed by atoms with Crippen molar-refractivity contribution in [3.8, 4) is 5.88 Å². The number of nitrogens with zero attached hydrogens (tertiary/aromatic N) is 2. The fourth-order valence-corrected chi connectivity index (χ4v) is 1.39. The predicted octanol–water partition coefficient (Wildman–Crippen LogP) is 2.02. The van der Waals surface area contributed by atoms with E-state index in [4.69, 9.17) is 9.47 Å². The molecule has 0 spiro atoms. The van der Waals surface area contributed by atoms with Gasteiger partial charge >= 0.3 is 5.97 Å². The van der Waals surface area contributed by atoms with Crippen molar-refractivity contribution in [3.05, 3.63) is 12.4 Å². The van der Waals surface area contributed by atoms with E-state index in [0.717, 1.165) is 6.42 Å². The van der Waals surface area contributed by atoms with E-state index < -0.39 is 0 Å². The van der Waals surface area contributed by atoms with Gasteiger partial charge in [-0.1, -0.05) is 6.92 Å². The molecular weight excluding hydrogens is 246 g/mol. The van der Waals surface area contributed by atoms with Crippen molar-refractivity contribution >= 4 is 11.8 Å². The average molecular weight is 267 g/mol. The second kappa shape index (κ2) is 9.13. The average Bonchev–Trinajstić information content (AvgIpc) is 2.42. The second-order valence-corrected chi connectivity index (χ2v) is 3.93. The lowest BCUT2D eigenvalue weighted by Crippen LogP contribution is -2.09. The Morgan fingerprint density at radius 1 is 1.37 bits per heavy atom. The van der Waals surface area contributed by atoms with E-state index in [-0.39, 0.29) is 5.97 Å². The number of hydrogen-bond donors (Lipinski definition) is 1. The highest BCUT2D eigenvalue weighted by atomic mass is 16.5. The maximum Gasteiger partial charge on any atom is 0.305 e. The number of hydrogen-bond acceptors (Lipinski definition) is 6. The third kappa shape index (κ3) is 6.59. The van der Waals surface area contributed by atoms with Crippen molar-refractivity contribution in [2.75, 3.05) is 25.1 Å². The number of anilines is 1. The van der Waals surface area contributed by atoms with Crippen LogP contribution < -0.4 is 10.1 Å². The van der Waals surface area contributed by atoms with Crippen LogP contribution in [0, 0.1) is 0 Å². The number of aromatic nitrogens is 2. The lowest BCUT2D eigenvalue weighted by Gasteiger charge is -2.07. The fourth-order valence-electron chi connectivity index (χ4n) is 1.39. The molecular formula is C13H21N3O3. The van der Waals surface area contributed by atoms with Crippen LogP contribution in [0.25, 0.3) is 0 Å². The zero-order chi connectivity index (χ0) is 13.9. The van der Waals surface area contributed by atoms with Gasteiger partial charge in [-0.15, -0.1) is 0 Å². The quantitative estimate of drug-likeness (QED) is 0.545. The highest BCUT2D eigenvalue weighted by Crippen LogP contribution is 2.09. The largest absolute Gasteiger partial charge is 0.477 e. The van der Waals surface area contributed by atoms with Gasteiger partial charge in [-0.25, -0.2) is 0 Å². The summed E-state index contributed by atoms with van der Waals surface area (Å²) >= 11 is 0. The number of esters is 1. The highest BCUT2D eigenvalue weighted by Gasteiger charge is 2.02. The van der Waals surface area contributed by atoms with Gasteiger partial charge in [-0.2, -0.15) is 4.98 Å². The second-order valence-electron chi connectivity index (χ2n) is 3.93. The van der Waals surface area contributed by atoms with E-state index >= 15 is 0 Å². The Kier molecular flexibility index (Phi) is 7.31. The topological polar surface area (TPSA) is 73.3 Å². The Morgan fingerprint density at radius 3 is 2.95 bits per heavy atom. The summed E-state index contributed by atoms with van der Waals surface area (Å²) in [6.45, 7) is 5.53. The summed E-state index contributed by atoms with van der Waals surface area (Å²) in [5.41, 5.74) is 0. The molecule has 0 saturated carbocycles. The first-order valence-corrected chi connectivity index (χ1v) is 6.60. The Morgan fingerprint density at radius 2 is 2.21 bits per heavy atom. The van der Waals surface area contributed by atoms with E-state index in [9.17, 15) is 4.79 Å². The van der Waals surface area contributed by atoms with Crippen LogP contribution in [0.15, 0.2) is 12.4 Å². The SMILES string of the molecule is CCCOc1cncc(NCCCC(=O)OCC)n1. The molecule has 0 amide bonds. The van der Waals surface area contributed by atoms with E-state index in [1.54, 1.807) is 19.3 Å². The maximum atomic E-state index is 11.1. The number of ether oxygens (including phenoxy) is 2. The van der Waals surface area contributed by atoms with E-state index in [1.807, 2.05) is 6.92 Å². The van der Waals surface area contributed by atoms with Gasteiger partial charge in [0.2, 0.25) is 5.88 Å². The van der Waals surface area contributed by atoms with Crippen LogP contribution in [0.4, 0.5) is 5.82 Å². The molecule has 6 heteroatoms. The molecule has 0 fully saturated rings. The molecule has 0 aliphatic carbocycles. The van der Waals surface area contributed by atoms with Crippen LogP contribution in [-0.4, -0.2) is 35.7 Å². The van der Waals surface area contributed by atoms with E-state index in [0.29, 0.717) is 44.3 Å². The van der Waals surface area contributed by atoms with Crippen LogP contribution in [0.3, 0.4) is 0 Å². The third-order valence-corrected chi connectivity index (χ3v) is 2.24. The predicted molar refractivity (Wildman–Crippen MR) is 72.2 cm³/mol. The van der Waals surface area contributed by atoms with E-state index in [2.05, 4.69) is 15.3 Å². The molecule has 1 heterocycles. The number of carbonyl (C=O) groups excluding carboxylic acids is 1. The van der Waals surface area contributed by atoms with Crippen LogP contribution in [0.2, 0.25) is 0 Å². The van der Waals surface area contributed by atoms with Crippen molar-refractivity contribution in [2.45, 2.75) is 33.1 Å². The molecule has 0 unspecified atom stereocenters. The van der Waals surface area contributed by atoms with Gasteiger partial charge in [0.1, 0.15) is 5.82 Å². The Labute approximate surface area is 113 Å². The van der Waals surface area contributed by atoms with E-state index in [1.165, 1.54) is 0 Å². The van der Waals surface area contributed by atoms with Crippen molar-refractivity contribution in [3.63, 3.8) is 0 Å². The minimum absolute atomic E-state index is 0.171. The lowest BCUT2D eigenvalue weighted by atomic mass is 10.3. The van der Waals surface area contributed by atoms with Gasteiger partial charge in [0.25, 0.3) is 0 Å². The normalized spacial score (nSPS) is 10.0. The number of carbonyl (C=O) groups is 1. The summed E-state index contributed by atoms with van der Waals surface area (Å²) in [5, 5.41) is 3.10. The summed E-state index contributed by atoms with van der Waals surface area (Å²) < 4.78 is 10.2. The summed E-state index contributed by atoms with van der Waals surface area (Å²) in [6.07, 6.45) is 5.24. The van der Waals surface area contributed by atoms with Gasteiger partial charge in [0.15, 0.2) is 0 Å². The summed E-state index contributed by atoms with van der Waals surface area (Å²) in [4.78, 5) is 19.4. The molecule has 1 rings (SSSR count). The minimum Gasteiger partial charge on any atom is -0.477 e. The molecule has 19 heavy (non-hydrogen) atoms. The Balaban J connectivity index is 2.27. The molecule has 0 aliphatic rings. The lowest BCUT2D eigenvalue weighted by molar-refractivity contribution is -0.143. The van der Waals surface area contributed by atoms with Crippen molar-refractivity contribution in [1.29, 1.82) is 0 Å². The molecule has 0 saturated heterocycles. The first kappa shape index (κ1) is 15.2. The summed E-state index contributed by atoms with van der Waals surface area (Å²) in [7, 11) is 0. The number of nitrogens with one attached hydrogen (secondary N) is 1. The molecule has 0 atom stereocenters. The molecule has 1 aromatic heterocycles. The van der Waals surface area contributed by atoms with Gasteiger partial charge in [-0.05, 0) is 19.8 Å². The molecule has 0 radical (unpaired) electrons. The smallest absolute Gasteiger partial charge is 0.305 e. The summed E-state index contributed by atoms with van der Waals surface area (Å²) in [6, 6.07) is 0. The standard InChI is InChI=1S/C13H21N3O3/c1-3-8-19-12-10-14-9-11(16-12)15-7-5-6-13(17)18-4-2/h9-10H,3-8H2,1-2H3,(H,15,16). The van der Waals surface area contributed by atoms with Crippen LogP contribution in [-0.2, 0) is 9.53 Å². The highest BCUT2D eigenvalue weighted by molar-refractivity contribution is 5.69. The monoisotopic (exact) mass is 267 g/mol. The minimum atomic E-state index is -0.171. The zero-order valence-electron chi connectivity index (χ0n) is 11.5. The van der Waals surface area contributed by atoms with Crippen molar-refractivity contribution in [2.24, 2.45) is 0 Å². The van der Waals surface area contributed by atoms with Gasteiger partial charge in [-0.3, -0.25) is 9.78 Å². The van der Waals surface area contributed by atoms with Gasteiger partial charge in [0, 0.05) is 13.0 Å². The first-order valence-electron chi connectivity index (χ1n) is 6.60. The molecule has 106 valence electrons. The van der Waals surface area contributed by atoms with Gasteiger partial charge < -0.3 is 14.8 Å². The number of rotatable bonds is 9. The zero-order valence-corrected chi connectivity index (χ0v) is 11.5. The van der Waals surface area contributed by atoms with Crippen molar-refractivity contribution < 1.29 is 14.3 Å². The van der Waals surface area contributed by atoms with Gasteiger partial charge in [0.05, 0.1) is 25.6 Å². The molecule has 0 bridgehead atoms. The summed E-state index contributed by atoms with van der Waals surface area (Å²) in [5.74, 6) is 0.991. The molecule has 6 nitrogen and oxygen atoms in total. The first-order chi connectivity index (χ1) is 9.26. The van der Waals surface area contributed by atoms with Crippen LogP contribution in [0.1, 0.15) is 33.1 Å². The van der Waals surface area contributed by atoms with Crippen LogP contribution >= 0.6 is 0 Å². The fraction of sp³-hybridized carbons (Fsp3) is 0.615. The maximum absolute atomic E-state index is 11.1. The molecule has 0 aliphatic heterocycles. The van der Waals surface area contributed by atoms with Crippen LogP contribution in [0.5, 0.6) is 5.88 Å². The molecule has 1 aromatic rings. The molecule has 0 aromatic carbocycles. The Bertz CT molecular complexity index is 385. The Hall–Kier alpha value is -1.85. The molecule has 1 N–H and O–H groups in total. The third-order valence-electron chi connectivity index (χ3n) is 2.24.